The molecule has 0 bridgehead atoms. The van der Waals surface area contributed by atoms with Crippen molar-refractivity contribution in [2.75, 3.05) is 18.1 Å². The second-order valence-corrected chi connectivity index (χ2v) is 6.77. The van der Waals surface area contributed by atoms with Crippen molar-refractivity contribution >= 4 is 32.4 Å². The number of hydrogen-bond acceptors (Lipinski definition) is 4. The van der Waals surface area contributed by atoms with Crippen LogP contribution in [0.1, 0.15) is 13.3 Å². The monoisotopic (exact) mass is 347 g/mol. The number of hydrogen-bond donors (Lipinski definition) is 1. The number of aromatic nitrogens is 2. The van der Waals surface area contributed by atoms with Crippen LogP contribution < -0.4 is 10.9 Å². The van der Waals surface area contributed by atoms with Gasteiger partial charge in [0.15, 0.2) is 0 Å². The van der Waals surface area contributed by atoms with E-state index in [1.54, 1.807) is 18.5 Å². The first-order valence-electron chi connectivity index (χ1n) is 5.90. The minimum atomic E-state index is -0.829. The van der Waals surface area contributed by atoms with E-state index in [1.165, 1.54) is 4.68 Å². The van der Waals surface area contributed by atoms with Gasteiger partial charge in [-0.3, -0.25) is 9.00 Å². The van der Waals surface area contributed by atoms with Crippen LogP contribution in [0.2, 0.25) is 0 Å². The molecule has 0 spiro atoms. The standard InChI is InChI=1S/C12H18BrN3O2S/c1-4-7-16-12(17)11(13)10(8-15-16)14-6-5-9(2)19(3)18/h4,8-9,14H,1,5-7H2,2-3H3. The molecule has 106 valence electrons. The maximum Gasteiger partial charge on any atom is 0.283 e. The third-order valence-electron chi connectivity index (χ3n) is 2.72. The lowest BCUT2D eigenvalue weighted by atomic mass is 10.3. The molecule has 0 aliphatic carbocycles. The van der Waals surface area contributed by atoms with Gasteiger partial charge in [-0.2, -0.15) is 5.10 Å². The van der Waals surface area contributed by atoms with Crippen molar-refractivity contribution in [2.24, 2.45) is 0 Å². The van der Waals surface area contributed by atoms with Crippen LogP contribution in [0.25, 0.3) is 0 Å². The molecular weight excluding hydrogens is 330 g/mol. The quantitative estimate of drug-likeness (QED) is 0.763. The van der Waals surface area contributed by atoms with Gasteiger partial charge in [-0.15, -0.1) is 6.58 Å². The Bertz CT molecular complexity index is 530. The van der Waals surface area contributed by atoms with E-state index in [1.807, 2.05) is 6.92 Å². The van der Waals surface area contributed by atoms with Crippen LogP contribution in [0.5, 0.6) is 0 Å². The molecule has 0 amide bonds. The Morgan fingerprint density at radius 3 is 2.95 bits per heavy atom. The predicted octanol–water partition coefficient (Wildman–Crippen LogP) is 1.76. The van der Waals surface area contributed by atoms with Gasteiger partial charge in [0.05, 0.1) is 18.4 Å². The molecule has 1 rings (SSSR count). The average molecular weight is 348 g/mol. The van der Waals surface area contributed by atoms with Gasteiger partial charge in [0.25, 0.3) is 5.56 Å². The molecule has 0 fully saturated rings. The number of halogens is 1. The van der Waals surface area contributed by atoms with Crippen molar-refractivity contribution in [2.45, 2.75) is 25.1 Å². The molecule has 19 heavy (non-hydrogen) atoms. The van der Waals surface area contributed by atoms with Gasteiger partial charge in [0.2, 0.25) is 0 Å². The summed E-state index contributed by atoms with van der Waals surface area (Å²) in [4.78, 5) is 11.9. The Balaban J connectivity index is 2.70. The van der Waals surface area contributed by atoms with Gasteiger partial charge in [-0.05, 0) is 22.4 Å². The highest BCUT2D eigenvalue weighted by Crippen LogP contribution is 2.16. The zero-order valence-corrected chi connectivity index (χ0v) is 13.5. The fourth-order valence-corrected chi connectivity index (χ4v) is 2.31. The van der Waals surface area contributed by atoms with Crippen molar-refractivity contribution in [3.8, 4) is 0 Å². The fraction of sp³-hybridized carbons (Fsp3) is 0.500. The number of allylic oxidation sites excluding steroid dienone is 1. The van der Waals surface area contributed by atoms with E-state index in [0.717, 1.165) is 6.42 Å². The molecule has 2 atom stereocenters. The van der Waals surface area contributed by atoms with Crippen LogP contribution in [-0.4, -0.2) is 32.0 Å². The van der Waals surface area contributed by atoms with Crippen LogP contribution in [0.3, 0.4) is 0 Å². The number of nitrogens with zero attached hydrogens (tertiary/aromatic N) is 2. The summed E-state index contributed by atoms with van der Waals surface area (Å²) in [7, 11) is -0.829. The first-order valence-corrected chi connectivity index (χ1v) is 8.31. The van der Waals surface area contributed by atoms with Gasteiger partial charge in [0.1, 0.15) is 4.47 Å². The summed E-state index contributed by atoms with van der Waals surface area (Å²) < 4.78 is 13.0. The lowest BCUT2D eigenvalue weighted by Crippen LogP contribution is -2.24. The predicted molar refractivity (Wildman–Crippen MR) is 83.0 cm³/mol. The lowest BCUT2D eigenvalue weighted by Gasteiger charge is -2.11. The minimum absolute atomic E-state index is 0.125. The summed E-state index contributed by atoms with van der Waals surface area (Å²) in [6, 6.07) is 0. The molecule has 7 heteroatoms. The van der Waals surface area contributed by atoms with Gasteiger partial charge in [-0.1, -0.05) is 13.0 Å². The third kappa shape index (κ3) is 4.58. The molecule has 0 aliphatic heterocycles. The molecule has 2 unspecified atom stereocenters. The summed E-state index contributed by atoms with van der Waals surface area (Å²) in [5.74, 6) is 0. The summed E-state index contributed by atoms with van der Waals surface area (Å²) in [5.41, 5.74) is 0.455. The summed E-state index contributed by atoms with van der Waals surface area (Å²) in [5, 5.41) is 7.29. The van der Waals surface area contributed by atoms with Gasteiger partial charge in [-0.25, -0.2) is 4.68 Å². The molecular formula is C12H18BrN3O2S. The summed E-state index contributed by atoms with van der Waals surface area (Å²) in [6.45, 7) is 6.54. The Morgan fingerprint density at radius 2 is 2.37 bits per heavy atom. The van der Waals surface area contributed by atoms with E-state index in [0.29, 0.717) is 23.2 Å². The fourth-order valence-electron chi connectivity index (χ4n) is 1.42. The third-order valence-corrected chi connectivity index (χ3v) is 4.86. The molecule has 0 aliphatic rings. The lowest BCUT2D eigenvalue weighted by molar-refractivity contribution is 0.648. The maximum atomic E-state index is 11.9. The Morgan fingerprint density at radius 1 is 1.68 bits per heavy atom. The van der Waals surface area contributed by atoms with Crippen LogP contribution in [0.15, 0.2) is 28.1 Å². The highest BCUT2D eigenvalue weighted by molar-refractivity contribution is 9.10. The summed E-state index contributed by atoms with van der Waals surface area (Å²) in [6.07, 6.45) is 5.68. The maximum absolute atomic E-state index is 11.9. The Hall–Kier alpha value is -0.950. The highest BCUT2D eigenvalue weighted by atomic mass is 79.9. The normalized spacial score (nSPS) is 13.8. The van der Waals surface area contributed by atoms with Crippen LogP contribution in [0, 0.1) is 0 Å². The smallest absolute Gasteiger partial charge is 0.283 e. The topological polar surface area (TPSA) is 64.0 Å². The first kappa shape index (κ1) is 16.1. The van der Waals surface area contributed by atoms with Crippen molar-refractivity contribution in [1.29, 1.82) is 0 Å². The largest absolute Gasteiger partial charge is 0.383 e. The van der Waals surface area contributed by atoms with Gasteiger partial charge in [0, 0.05) is 28.9 Å². The number of rotatable bonds is 7. The van der Waals surface area contributed by atoms with E-state index in [4.69, 9.17) is 0 Å². The number of anilines is 1. The second kappa shape index (κ2) is 7.59. The molecule has 1 N–H and O–H groups in total. The van der Waals surface area contributed by atoms with E-state index in [9.17, 15) is 9.00 Å². The van der Waals surface area contributed by atoms with Crippen LogP contribution >= 0.6 is 15.9 Å². The molecule has 0 radical (unpaired) electrons. The molecule has 0 saturated heterocycles. The Kier molecular flexibility index (Phi) is 6.44. The SMILES string of the molecule is C=CCn1ncc(NCCC(C)S(C)=O)c(Br)c1=O. The van der Waals surface area contributed by atoms with Crippen molar-refractivity contribution in [1.82, 2.24) is 9.78 Å². The average Bonchev–Trinajstić information content (AvgIpc) is 2.37. The van der Waals surface area contributed by atoms with Crippen LogP contribution in [0.4, 0.5) is 5.69 Å². The molecule has 0 saturated carbocycles. The first-order chi connectivity index (χ1) is 8.97. The minimum Gasteiger partial charge on any atom is -0.383 e. The zero-order valence-electron chi connectivity index (χ0n) is 11.1. The Labute approximate surface area is 123 Å². The van der Waals surface area contributed by atoms with Gasteiger partial charge >= 0.3 is 0 Å². The van der Waals surface area contributed by atoms with E-state index >= 15 is 0 Å². The van der Waals surface area contributed by atoms with Crippen molar-refractivity contribution < 1.29 is 4.21 Å². The van der Waals surface area contributed by atoms with E-state index in [2.05, 4.69) is 32.9 Å². The van der Waals surface area contributed by atoms with Crippen LogP contribution in [-0.2, 0) is 17.3 Å². The number of nitrogens with one attached hydrogen (secondary N) is 1. The molecule has 0 aromatic carbocycles. The zero-order chi connectivity index (χ0) is 14.4. The summed E-state index contributed by atoms with van der Waals surface area (Å²) >= 11 is 3.27. The molecule has 5 nitrogen and oxygen atoms in total. The van der Waals surface area contributed by atoms with E-state index in [-0.39, 0.29) is 10.8 Å². The van der Waals surface area contributed by atoms with Crippen molar-refractivity contribution in [3.63, 3.8) is 0 Å². The highest BCUT2D eigenvalue weighted by Gasteiger charge is 2.09. The second-order valence-electron chi connectivity index (χ2n) is 4.17. The molecule has 1 aromatic rings. The van der Waals surface area contributed by atoms with E-state index < -0.39 is 10.8 Å². The van der Waals surface area contributed by atoms with Gasteiger partial charge < -0.3 is 5.32 Å². The molecule has 1 heterocycles. The molecule has 1 aromatic heterocycles. The van der Waals surface area contributed by atoms with Crippen molar-refractivity contribution in [3.05, 3.63) is 33.7 Å².